The van der Waals surface area contributed by atoms with Crippen molar-refractivity contribution in [1.29, 1.82) is 0 Å². The predicted octanol–water partition coefficient (Wildman–Crippen LogP) is 4.51. The molecule has 0 aliphatic carbocycles. The van der Waals surface area contributed by atoms with Gasteiger partial charge in [0.2, 0.25) is 0 Å². The minimum atomic E-state index is -0.585. The normalized spacial score (nSPS) is 15.8. The second-order valence-electron chi connectivity index (χ2n) is 6.09. The minimum absolute atomic E-state index is 0.0328. The van der Waals surface area contributed by atoms with E-state index < -0.39 is 16.9 Å². The molecule has 1 aliphatic rings. The van der Waals surface area contributed by atoms with Crippen LogP contribution in [0.25, 0.3) is 0 Å². The van der Waals surface area contributed by atoms with E-state index in [-0.39, 0.29) is 11.6 Å². The lowest BCUT2D eigenvalue weighted by molar-refractivity contribution is -0.384. The molecule has 0 saturated carbocycles. The van der Waals surface area contributed by atoms with Crippen LogP contribution in [0, 0.1) is 15.9 Å². The zero-order valence-electron chi connectivity index (χ0n) is 14.0. The molecule has 4 rings (SSSR count). The van der Waals surface area contributed by atoms with Gasteiger partial charge >= 0.3 is 0 Å². The molecule has 0 saturated heterocycles. The van der Waals surface area contributed by atoms with Gasteiger partial charge in [-0.15, -0.1) is 0 Å². The lowest BCUT2D eigenvalue weighted by atomic mass is 10.0. The number of hydrogen-bond acceptors (Lipinski definition) is 4. The summed E-state index contributed by atoms with van der Waals surface area (Å²) in [6, 6.07) is 18.7. The second-order valence-corrected chi connectivity index (χ2v) is 6.09. The fraction of sp³-hybridized carbons (Fsp3) is 0.0500. The summed E-state index contributed by atoms with van der Waals surface area (Å²) in [5.74, 6) is -0.636. The smallest absolute Gasteiger partial charge is 0.269 e. The lowest BCUT2D eigenvalue weighted by Crippen LogP contribution is -2.43. The standard InChI is InChI=1S/C20H14FN3O3/c21-14-7-11-15(12-8-14)23-19(13-5-9-16(10-6-13)24(26)27)22-18-4-2-1-3-17(18)20(23)25/h1-12,19,22H/t19-/m1/s1. The van der Waals surface area contributed by atoms with Crippen LogP contribution < -0.4 is 10.2 Å². The van der Waals surface area contributed by atoms with Crippen LogP contribution >= 0.6 is 0 Å². The topological polar surface area (TPSA) is 75.5 Å². The number of amides is 1. The Bertz CT molecular complexity index is 1020. The highest BCUT2D eigenvalue weighted by atomic mass is 19.1. The molecule has 1 atom stereocenters. The molecule has 7 heteroatoms. The number of carbonyl (C=O) groups excluding carboxylic acids is 1. The minimum Gasteiger partial charge on any atom is -0.360 e. The first-order valence-electron chi connectivity index (χ1n) is 8.23. The average molecular weight is 363 g/mol. The number of nitrogens with zero attached hydrogens (tertiary/aromatic N) is 2. The van der Waals surface area contributed by atoms with E-state index in [0.29, 0.717) is 22.5 Å². The monoisotopic (exact) mass is 363 g/mol. The van der Waals surface area contributed by atoms with Gasteiger partial charge in [0.25, 0.3) is 11.6 Å². The van der Waals surface area contributed by atoms with Crippen molar-refractivity contribution in [2.75, 3.05) is 10.2 Å². The SMILES string of the molecule is O=C1c2ccccc2N[C@@H](c2ccc([N+](=O)[O-])cc2)N1c1ccc(F)cc1. The molecule has 1 N–H and O–H groups in total. The van der Waals surface area contributed by atoms with Gasteiger partial charge < -0.3 is 5.32 Å². The van der Waals surface area contributed by atoms with Crippen LogP contribution in [0.4, 0.5) is 21.5 Å². The largest absolute Gasteiger partial charge is 0.360 e. The summed E-state index contributed by atoms with van der Waals surface area (Å²) in [4.78, 5) is 25.1. The Morgan fingerprint density at radius 1 is 0.963 bits per heavy atom. The highest BCUT2D eigenvalue weighted by Gasteiger charge is 2.34. The Hall–Kier alpha value is -3.74. The van der Waals surface area contributed by atoms with Crippen LogP contribution in [-0.2, 0) is 0 Å². The van der Waals surface area contributed by atoms with E-state index in [9.17, 15) is 19.3 Å². The summed E-state index contributed by atoms with van der Waals surface area (Å²) >= 11 is 0. The number of hydrogen-bond donors (Lipinski definition) is 1. The van der Waals surface area contributed by atoms with Crippen LogP contribution in [0.1, 0.15) is 22.1 Å². The first-order valence-corrected chi connectivity index (χ1v) is 8.23. The number of benzene rings is 3. The van der Waals surface area contributed by atoms with Gasteiger partial charge in [-0.05, 0) is 54.1 Å². The Kier molecular flexibility index (Phi) is 4.04. The van der Waals surface area contributed by atoms with E-state index in [1.165, 1.54) is 41.3 Å². The summed E-state index contributed by atoms with van der Waals surface area (Å²) in [5.41, 5.74) is 2.33. The molecule has 134 valence electrons. The molecule has 0 unspecified atom stereocenters. The van der Waals surface area contributed by atoms with Gasteiger partial charge in [-0.25, -0.2) is 4.39 Å². The molecule has 0 spiro atoms. The number of rotatable bonds is 3. The Morgan fingerprint density at radius 2 is 1.63 bits per heavy atom. The van der Waals surface area contributed by atoms with Crippen molar-refractivity contribution in [3.63, 3.8) is 0 Å². The first kappa shape index (κ1) is 16.7. The number of anilines is 2. The number of halogens is 1. The highest BCUT2D eigenvalue weighted by Crippen LogP contribution is 2.36. The van der Waals surface area contributed by atoms with Gasteiger partial charge in [0, 0.05) is 23.5 Å². The number of nitrogens with one attached hydrogen (secondary N) is 1. The fourth-order valence-corrected chi connectivity index (χ4v) is 3.13. The Labute approximate surface area is 154 Å². The van der Waals surface area contributed by atoms with Crippen molar-refractivity contribution in [2.45, 2.75) is 6.17 Å². The molecule has 0 bridgehead atoms. The summed E-state index contributed by atoms with van der Waals surface area (Å²) in [6.45, 7) is 0. The third-order valence-corrected chi connectivity index (χ3v) is 4.45. The molecule has 1 heterocycles. The number of fused-ring (bicyclic) bond motifs is 1. The van der Waals surface area contributed by atoms with E-state index in [2.05, 4.69) is 5.32 Å². The predicted molar refractivity (Wildman–Crippen MR) is 99.1 cm³/mol. The first-order chi connectivity index (χ1) is 13.0. The van der Waals surface area contributed by atoms with Crippen LogP contribution in [0.15, 0.2) is 72.8 Å². The molecular weight excluding hydrogens is 349 g/mol. The van der Waals surface area contributed by atoms with E-state index in [1.54, 1.807) is 30.3 Å². The maximum Gasteiger partial charge on any atom is 0.269 e. The molecule has 3 aromatic rings. The highest BCUT2D eigenvalue weighted by molar-refractivity contribution is 6.12. The maximum absolute atomic E-state index is 13.3. The molecule has 1 aliphatic heterocycles. The number of carbonyl (C=O) groups is 1. The average Bonchev–Trinajstić information content (AvgIpc) is 2.69. The molecule has 0 aromatic heterocycles. The van der Waals surface area contributed by atoms with Crippen molar-refractivity contribution in [3.8, 4) is 0 Å². The van der Waals surface area contributed by atoms with Gasteiger partial charge in [-0.2, -0.15) is 0 Å². The summed E-state index contributed by atoms with van der Waals surface area (Å²) in [5, 5.41) is 14.2. The number of nitro groups is 1. The quantitative estimate of drug-likeness (QED) is 0.549. The van der Waals surface area contributed by atoms with Crippen molar-refractivity contribution in [3.05, 3.63) is 99.9 Å². The lowest BCUT2D eigenvalue weighted by Gasteiger charge is -2.38. The fourth-order valence-electron chi connectivity index (χ4n) is 3.13. The van der Waals surface area contributed by atoms with Crippen LogP contribution in [0.3, 0.4) is 0 Å². The van der Waals surface area contributed by atoms with Crippen LogP contribution in [0.2, 0.25) is 0 Å². The molecule has 0 radical (unpaired) electrons. The van der Waals surface area contributed by atoms with Crippen LogP contribution in [-0.4, -0.2) is 10.8 Å². The zero-order valence-corrected chi connectivity index (χ0v) is 14.0. The summed E-state index contributed by atoms with van der Waals surface area (Å²) in [6.07, 6.45) is -0.585. The van der Waals surface area contributed by atoms with E-state index in [1.807, 2.05) is 6.07 Å². The molecule has 1 amide bonds. The second kappa shape index (κ2) is 6.53. The Balaban J connectivity index is 1.82. The Morgan fingerprint density at radius 3 is 2.30 bits per heavy atom. The molecule has 3 aromatic carbocycles. The van der Waals surface area contributed by atoms with E-state index in [0.717, 1.165) is 0 Å². The molecule has 0 fully saturated rings. The number of non-ortho nitro benzene ring substituents is 1. The van der Waals surface area contributed by atoms with Gasteiger partial charge in [0.05, 0.1) is 10.5 Å². The number of nitro benzene ring substituents is 1. The number of para-hydroxylation sites is 1. The zero-order chi connectivity index (χ0) is 19.0. The molecular formula is C20H14FN3O3. The maximum atomic E-state index is 13.3. The summed E-state index contributed by atoms with van der Waals surface area (Å²) in [7, 11) is 0. The summed E-state index contributed by atoms with van der Waals surface area (Å²) < 4.78 is 13.3. The van der Waals surface area contributed by atoms with Crippen molar-refractivity contribution in [2.24, 2.45) is 0 Å². The third kappa shape index (κ3) is 2.99. The van der Waals surface area contributed by atoms with Crippen LogP contribution in [0.5, 0.6) is 0 Å². The van der Waals surface area contributed by atoms with Gasteiger partial charge in [-0.1, -0.05) is 12.1 Å². The molecule has 6 nitrogen and oxygen atoms in total. The molecule has 27 heavy (non-hydrogen) atoms. The van der Waals surface area contributed by atoms with Crippen molar-refractivity contribution in [1.82, 2.24) is 0 Å². The van der Waals surface area contributed by atoms with Gasteiger partial charge in [0.1, 0.15) is 12.0 Å². The van der Waals surface area contributed by atoms with E-state index >= 15 is 0 Å². The van der Waals surface area contributed by atoms with Gasteiger partial charge in [-0.3, -0.25) is 19.8 Å². The van der Waals surface area contributed by atoms with Gasteiger partial charge in [0.15, 0.2) is 0 Å². The van der Waals surface area contributed by atoms with E-state index in [4.69, 9.17) is 0 Å². The third-order valence-electron chi connectivity index (χ3n) is 4.45. The van der Waals surface area contributed by atoms with Crippen molar-refractivity contribution >= 4 is 23.0 Å². The van der Waals surface area contributed by atoms with Crippen molar-refractivity contribution < 1.29 is 14.1 Å².